The van der Waals surface area contributed by atoms with Crippen molar-refractivity contribution >= 4 is 32.0 Å². The number of hydrogen-bond acceptors (Lipinski definition) is 11. The van der Waals surface area contributed by atoms with E-state index >= 15 is 0 Å². The van der Waals surface area contributed by atoms with E-state index < -0.39 is 54.5 Å². The summed E-state index contributed by atoms with van der Waals surface area (Å²) in [5.41, 5.74) is 8.45. The summed E-state index contributed by atoms with van der Waals surface area (Å²) in [6.07, 6.45) is -3.35. The Bertz CT molecular complexity index is 902. The molecule has 0 spiro atoms. The average Bonchev–Trinajstić information content (AvgIpc) is 3.34. The van der Waals surface area contributed by atoms with Gasteiger partial charge in [-0.05, 0) is 6.04 Å². The SMILES string of the molecule is C[Si](C)(C)CCOCn1ncc([N+](=O)[O-])c1[C@@](O)(OC(N)=O)[C@@H]1CN1C(=O)OOC(N)=O. The van der Waals surface area contributed by atoms with Gasteiger partial charge in [-0.25, -0.2) is 28.8 Å². The van der Waals surface area contributed by atoms with Gasteiger partial charge in [-0.1, -0.05) is 19.6 Å². The van der Waals surface area contributed by atoms with Crippen molar-refractivity contribution in [1.29, 1.82) is 0 Å². The summed E-state index contributed by atoms with van der Waals surface area (Å²) < 4.78 is 11.2. The Hall–Kier alpha value is -3.44. The summed E-state index contributed by atoms with van der Waals surface area (Å²) in [7, 11) is -1.43. The molecule has 178 valence electrons. The van der Waals surface area contributed by atoms with Crippen LogP contribution in [0.1, 0.15) is 5.69 Å². The lowest BCUT2D eigenvalue weighted by Gasteiger charge is -2.26. The van der Waals surface area contributed by atoms with Crippen molar-refractivity contribution in [1.82, 2.24) is 14.7 Å². The molecule has 1 aliphatic heterocycles. The molecule has 2 atom stereocenters. The lowest BCUT2D eigenvalue weighted by Crippen LogP contribution is -2.44. The van der Waals surface area contributed by atoms with Crippen LogP contribution in [0.4, 0.5) is 20.1 Å². The number of nitro groups is 1. The molecule has 3 amide bonds. The number of aliphatic hydroxyl groups is 1. The summed E-state index contributed by atoms with van der Waals surface area (Å²) in [4.78, 5) is 53.5. The highest BCUT2D eigenvalue weighted by Crippen LogP contribution is 2.42. The molecule has 16 nitrogen and oxygen atoms in total. The highest BCUT2D eigenvalue weighted by atomic mass is 28.3. The molecule has 0 aromatic carbocycles. The molecular weight excluding hydrogens is 452 g/mol. The van der Waals surface area contributed by atoms with Crippen molar-refractivity contribution in [2.45, 2.75) is 44.2 Å². The van der Waals surface area contributed by atoms with Gasteiger partial charge in [0, 0.05) is 14.7 Å². The van der Waals surface area contributed by atoms with Gasteiger partial charge in [0.05, 0.1) is 11.5 Å². The topological polar surface area (TPSA) is 224 Å². The van der Waals surface area contributed by atoms with Crippen LogP contribution in [0.3, 0.4) is 0 Å². The highest BCUT2D eigenvalue weighted by molar-refractivity contribution is 6.76. The average molecular weight is 476 g/mol. The Balaban J connectivity index is 2.32. The third-order valence-electron chi connectivity index (χ3n) is 4.32. The first kappa shape index (κ1) is 24.8. The molecule has 0 saturated carbocycles. The van der Waals surface area contributed by atoms with Crippen LogP contribution in [0.5, 0.6) is 0 Å². The number of aromatic nitrogens is 2. The van der Waals surface area contributed by atoms with Gasteiger partial charge < -0.3 is 26.0 Å². The zero-order valence-corrected chi connectivity index (χ0v) is 18.5. The van der Waals surface area contributed by atoms with Crippen LogP contribution in [0.15, 0.2) is 6.20 Å². The predicted molar refractivity (Wildman–Crippen MR) is 105 cm³/mol. The Labute approximate surface area is 182 Å². The standard InChI is InChI=1S/C15H24N6O10Si/c1-32(2,3)5-4-28-8-20-11(9(6-18-20)21(26)27)15(25,29-12(16)22)10-7-19(10)14(24)31-30-13(17)23/h6,10,25H,4-5,7-8H2,1-3H3,(H2,16,22)(H2,17,23)/t10-,15-,19?/m0/s1. The zero-order chi connectivity index (χ0) is 24.3. The molecule has 1 aliphatic rings. The molecule has 32 heavy (non-hydrogen) atoms. The lowest BCUT2D eigenvalue weighted by molar-refractivity contribution is -0.388. The van der Waals surface area contributed by atoms with Crippen LogP contribution in [0.25, 0.3) is 0 Å². The fraction of sp³-hybridized carbons (Fsp3) is 0.600. The molecule has 1 fully saturated rings. The number of carbonyl (C=O) groups excluding carboxylic acids is 3. The van der Waals surface area contributed by atoms with E-state index in [1.54, 1.807) is 0 Å². The zero-order valence-electron chi connectivity index (χ0n) is 17.5. The van der Waals surface area contributed by atoms with Crippen LogP contribution < -0.4 is 11.5 Å². The van der Waals surface area contributed by atoms with Crippen LogP contribution >= 0.6 is 0 Å². The van der Waals surface area contributed by atoms with Gasteiger partial charge in [-0.15, -0.1) is 0 Å². The number of nitrogens with two attached hydrogens (primary N) is 2. The Kier molecular flexibility index (Phi) is 7.26. The van der Waals surface area contributed by atoms with Gasteiger partial charge in [-0.2, -0.15) is 5.10 Å². The monoisotopic (exact) mass is 476 g/mol. The van der Waals surface area contributed by atoms with E-state index in [0.717, 1.165) is 21.8 Å². The van der Waals surface area contributed by atoms with Crippen molar-refractivity contribution < 1.29 is 43.7 Å². The van der Waals surface area contributed by atoms with Crippen molar-refractivity contribution in [3.63, 3.8) is 0 Å². The molecule has 0 aliphatic carbocycles. The second-order valence-corrected chi connectivity index (χ2v) is 13.6. The van der Waals surface area contributed by atoms with E-state index in [0.29, 0.717) is 6.61 Å². The molecular formula is C15H24N6O10Si. The smallest absolute Gasteiger partial charge is 0.408 e. The maximum Gasteiger partial charge on any atom is 0.453 e. The first-order chi connectivity index (χ1) is 14.8. The number of primary amides is 2. The maximum atomic E-state index is 11.9. The van der Waals surface area contributed by atoms with Crippen LogP contribution in [-0.2, 0) is 31.8 Å². The van der Waals surface area contributed by atoms with Gasteiger partial charge in [0.2, 0.25) is 0 Å². The van der Waals surface area contributed by atoms with Crippen LogP contribution in [0.2, 0.25) is 25.7 Å². The second-order valence-electron chi connectivity index (χ2n) is 8.02. The maximum absolute atomic E-state index is 11.9. The van der Waals surface area contributed by atoms with E-state index in [9.17, 15) is 29.6 Å². The number of hydrogen-bond donors (Lipinski definition) is 3. The Morgan fingerprint density at radius 1 is 1.31 bits per heavy atom. The molecule has 0 radical (unpaired) electrons. The Morgan fingerprint density at radius 2 is 1.97 bits per heavy atom. The molecule has 5 N–H and O–H groups in total. The van der Waals surface area contributed by atoms with Gasteiger partial charge >= 0.3 is 24.0 Å². The third-order valence-corrected chi connectivity index (χ3v) is 6.02. The van der Waals surface area contributed by atoms with Gasteiger partial charge in [0.1, 0.15) is 19.0 Å². The summed E-state index contributed by atoms with van der Waals surface area (Å²) in [6.45, 7) is 6.09. The minimum Gasteiger partial charge on any atom is -0.408 e. The predicted octanol–water partition coefficient (Wildman–Crippen LogP) is 0.175. The number of carbonyl (C=O) groups is 3. The third kappa shape index (κ3) is 6.05. The first-order valence-corrected chi connectivity index (χ1v) is 12.9. The van der Waals surface area contributed by atoms with Crippen molar-refractivity contribution in [3.8, 4) is 0 Å². The molecule has 1 aromatic heterocycles. The summed E-state index contributed by atoms with van der Waals surface area (Å²) in [5, 5.41) is 26.5. The van der Waals surface area contributed by atoms with Crippen LogP contribution in [-0.4, -0.2) is 70.3 Å². The van der Waals surface area contributed by atoms with Crippen molar-refractivity contribution in [2.24, 2.45) is 11.5 Å². The van der Waals surface area contributed by atoms with E-state index in [-0.39, 0.29) is 13.3 Å². The summed E-state index contributed by atoms with van der Waals surface area (Å²) in [5.74, 6) is -2.79. The number of nitrogens with zero attached hydrogens (tertiary/aromatic N) is 4. The molecule has 0 unspecified atom stereocenters. The van der Waals surface area contributed by atoms with Crippen molar-refractivity contribution in [2.75, 3.05) is 13.2 Å². The van der Waals surface area contributed by atoms with Crippen molar-refractivity contribution in [3.05, 3.63) is 22.0 Å². The molecule has 2 heterocycles. The molecule has 1 saturated heterocycles. The largest absolute Gasteiger partial charge is 0.453 e. The van der Waals surface area contributed by atoms with E-state index in [4.69, 9.17) is 20.9 Å². The minimum absolute atomic E-state index is 0.302. The minimum atomic E-state index is -2.79. The summed E-state index contributed by atoms with van der Waals surface area (Å²) >= 11 is 0. The molecule has 17 heteroatoms. The molecule has 2 rings (SSSR count). The number of ether oxygens (including phenoxy) is 2. The first-order valence-electron chi connectivity index (χ1n) is 9.20. The number of rotatable bonds is 9. The normalized spacial score (nSPS) is 17.2. The molecule has 0 bridgehead atoms. The fourth-order valence-electron chi connectivity index (χ4n) is 2.73. The van der Waals surface area contributed by atoms with E-state index in [1.807, 2.05) is 0 Å². The van der Waals surface area contributed by atoms with Gasteiger partial charge in [-0.3, -0.25) is 15.0 Å². The molecule has 1 aromatic rings. The quantitative estimate of drug-likeness (QED) is 0.0828. The van der Waals surface area contributed by atoms with E-state index in [1.165, 1.54) is 0 Å². The van der Waals surface area contributed by atoms with E-state index in [2.05, 4.69) is 34.5 Å². The highest BCUT2D eigenvalue weighted by Gasteiger charge is 2.62. The van der Waals surface area contributed by atoms with Crippen LogP contribution in [0, 0.1) is 10.1 Å². The van der Waals surface area contributed by atoms with Gasteiger partial charge in [0.15, 0.2) is 5.69 Å². The Morgan fingerprint density at radius 3 is 2.50 bits per heavy atom. The lowest BCUT2D eigenvalue weighted by atomic mass is 10.1. The summed E-state index contributed by atoms with van der Waals surface area (Å²) in [6, 6.07) is -0.592. The second kappa shape index (κ2) is 9.36. The fourth-order valence-corrected chi connectivity index (χ4v) is 3.49. The van der Waals surface area contributed by atoms with Gasteiger partial charge in [0.25, 0.3) is 5.79 Å². The number of amides is 3.